The van der Waals surface area contributed by atoms with E-state index in [1.807, 2.05) is 49.4 Å². The first-order valence-corrected chi connectivity index (χ1v) is 7.76. The normalized spacial score (nSPS) is 11.6. The SMILES string of the molecule is CC(NC(=O)N(C)CCCOc1ccccc1)c1ccncc1. The second kappa shape index (κ2) is 8.78. The van der Waals surface area contributed by atoms with Gasteiger partial charge in [-0.2, -0.15) is 0 Å². The number of urea groups is 1. The van der Waals surface area contributed by atoms with Gasteiger partial charge in [-0.25, -0.2) is 4.79 Å². The molecular weight excluding hydrogens is 290 g/mol. The van der Waals surface area contributed by atoms with Crippen LogP contribution in [0, 0.1) is 0 Å². The number of para-hydroxylation sites is 1. The molecule has 23 heavy (non-hydrogen) atoms. The van der Waals surface area contributed by atoms with Gasteiger partial charge in [0.1, 0.15) is 5.75 Å². The van der Waals surface area contributed by atoms with Gasteiger partial charge in [-0.05, 0) is 43.2 Å². The van der Waals surface area contributed by atoms with E-state index >= 15 is 0 Å². The molecule has 0 fully saturated rings. The predicted molar refractivity (Wildman–Crippen MR) is 90.4 cm³/mol. The van der Waals surface area contributed by atoms with E-state index in [1.165, 1.54) is 0 Å². The molecule has 0 radical (unpaired) electrons. The Morgan fingerprint density at radius 3 is 2.61 bits per heavy atom. The van der Waals surface area contributed by atoms with Crippen LogP contribution in [0.3, 0.4) is 0 Å². The molecule has 1 N–H and O–H groups in total. The van der Waals surface area contributed by atoms with Crippen molar-refractivity contribution in [3.8, 4) is 5.75 Å². The highest BCUT2D eigenvalue weighted by Gasteiger charge is 2.12. The second-order valence-electron chi connectivity index (χ2n) is 5.39. The zero-order valence-corrected chi connectivity index (χ0v) is 13.6. The summed E-state index contributed by atoms with van der Waals surface area (Å²) in [5, 5.41) is 2.97. The smallest absolute Gasteiger partial charge is 0.317 e. The van der Waals surface area contributed by atoms with Gasteiger partial charge in [0.2, 0.25) is 0 Å². The van der Waals surface area contributed by atoms with Crippen LogP contribution in [0.5, 0.6) is 5.75 Å². The van der Waals surface area contributed by atoms with Crippen molar-refractivity contribution in [2.45, 2.75) is 19.4 Å². The van der Waals surface area contributed by atoms with Gasteiger partial charge in [-0.15, -0.1) is 0 Å². The number of ether oxygens (including phenoxy) is 1. The van der Waals surface area contributed by atoms with Gasteiger partial charge in [0.15, 0.2) is 0 Å². The summed E-state index contributed by atoms with van der Waals surface area (Å²) < 4.78 is 5.62. The highest BCUT2D eigenvalue weighted by atomic mass is 16.5. The molecule has 0 saturated heterocycles. The molecule has 0 bridgehead atoms. The van der Waals surface area contributed by atoms with Crippen molar-refractivity contribution in [1.29, 1.82) is 0 Å². The lowest BCUT2D eigenvalue weighted by Crippen LogP contribution is -2.39. The van der Waals surface area contributed by atoms with Crippen molar-refractivity contribution in [3.05, 3.63) is 60.4 Å². The van der Waals surface area contributed by atoms with E-state index < -0.39 is 0 Å². The molecule has 0 aliphatic rings. The number of benzene rings is 1. The van der Waals surface area contributed by atoms with E-state index in [1.54, 1.807) is 24.3 Å². The summed E-state index contributed by atoms with van der Waals surface area (Å²) in [7, 11) is 1.79. The van der Waals surface area contributed by atoms with Gasteiger partial charge in [0, 0.05) is 26.0 Å². The highest BCUT2D eigenvalue weighted by molar-refractivity contribution is 5.74. The molecule has 5 heteroatoms. The average Bonchev–Trinajstić information content (AvgIpc) is 2.60. The Morgan fingerprint density at radius 1 is 1.22 bits per heavy atom. The minimum Gasteiger partial charge on any atom is -0.494 e. The number of amides is 2. The minimum absolute atomic E-state index is 0.0477. The number of hydrogen-bond acceptors (Lipinski definition) is 3. The fraction of sp³-hybridized carbons (Fsp3) is 0.333. The lowest BCUT2D eigenvalue weighted by atomic mass is 10.1. The number of hydrogen-bond donors (Lipinski definition) is 1. The summed E-state index contributed by atoms with van der Waals surface area (Å²) in [4.78, 5) is 17.8. The third-order valence-electron chi connectivity index (χ3n) is 3.54. The first kappa shape index (κ1) is 16.8. The van der Waals surface area contributed by atoms with Crippen LogP contribution in [0.4, 0.5) is 4.79 Å². The number of rotatable bonds is 7. The standard InChI is InChI=1S/C18H23N3O2/c1-15(16-9-11-19-12-10-16)20-18(22)21(2)13-6-14-23-17-7-4-3-5-8-17/h3-5,7-12,15H,6,13-14H2,1-2H3,(H,20,22). The molecule has 0 saturated carbocycles. The summed E-state index contributed by atoms with van der Waals surface area (Å²) in [6, 6.07) is 13.3. The van der Waals surface area contributed by atoms with Crippen LogP contribution in [-0.2, 0) is 0 Å². The molecule has 1 aromatic heterocycles. The zero-order valence-electron chi connectivity index (χ0n) is 13.6. The Labute approximate surface area is 137 Å². The third-order valence-corrected chi connectivity index (χ3v) is 3.54. The molecule has 1 aromatic carbocycles. The van der Waals surface area contributed by atoms with Gasteiger partial charge < -0.3 is 15.0 Å². The second-order valence-corrected chi connectivity index (χ2v) is 5.39. The fourth-order valence-electron chi connectivity index (χ4n) is 2.14. The maximum atomic E-state index is 12.1. The molecule has 0 spiro atoms. The average molecular weight is 313 g/mol. The molecule has 2 rings (SSSR count). The van der Waals surface area contributed by atoms with Crippen LogP contribution in [-0.4, -0.2) is 36.1 Å². The minimum atomic E-state index is -0.0889. The molecule has 0 aliphatic carbocycles. The maximum absolute atomic E-state index is 12.1. The third kappa shape index (κ3) is 5.62. The van der Waals surface area contributed by atoms with E-state index in [9.17, 15) is 4.79 Å². The number of aromatic nitrogens is 1. The largest absolute Gasteiger partial charge is 0.494 e. The summed E-state index contributed by atoms with van der Waals surface area (Å²) >= 11 is 0. The zero-order chi connectivity index (χ0) is 16.5. The monoisotopic (exact) mass is 313 g/mol. The Kier molecular flexibility index (Phi) is 6.41. The van der Waals surface area contributed by atoms with E-state index in [-0.39, 0.29) is 12.1 Å². The van der Waals surface area contributed by atoms with Gasteiger partial charge in [-0.3, -0.25) is 4.98 Å². The van der Waals surface area contributed by atoms with Crippen LogP contribution in [0.2, 0.25) is 0 Å². The summed E-state index contributed by atoms with van der Waals surface area (Å²) in [5.41, 5.74) is 1.04. The highest BCUT2D eigenvalue weighted by Crippen LogP contribution is 2.11. The number of carbonyl (C=O) groups excluding carboxylic acids is 1. The Balaban J connectivity index is 1.68. The number of nitrogens with zero attached hydrogens (tertiary/aromatic N) is 2. The first-order chi connectivity index (χ1) is 11.2. The molecule has 2 aromatic rings. The lowest BCUT2D eigenvalue weighted by Gasteiger charge is -2.21. The molecule has 0 aliphatic heterocycles. The van der Waals surface area contributed by atoms with Crippen molar-refractivity contribution in [2.24, 2.45) is 0 Å². The van der Waals surface area contributed by atoms with E-state index in [0.29, 0.717) is 13.2 Å². The molecule has 2 amide bonds. The summed E-state index contributed by atoms with van der Waals surface area (Å²) in [6.07, 6.45) is 4.23. The predicted octanol–water partition coefficient (Wildman–Crippen LogP) is 3.25. The fourth-order valence-corrected chi connectivity index (χ4v) is 2.14. The molecule has 122 valence electrons. The van der Waals surface area contributed by atoms with Gasteiger partial charge in [-0.1, -0.05) is 18.2 Å². The Morgan fingerprint density at radius 2 is 1.91 bits per heavy atom. The number of pyridine rings is 1. The number of nitrogens with one attached hydrogen (secondary N) is 1. The van der Waals surface area contributed by atoms with Crippen molar-refractivity contribution in [1.82, 2.24) is 15.2 Å². The Bertz CT molecular complexity index is 590. The molecule has 1 atom stereocenters. The van der Waals surface area contributed by atoms with Crippen molar-refractivity contribution in [3.63, 3.8) is 0 Å². The van der Waals surface area contributed by atoms with Crippen LogP contribution < -0.4 is 10.1 Å². The van der Waals surface area contributed by atoms with Crippen molar-refractivity contribution in [2.75, 3.05) is 20.2 Å². The maximum Gasteiger partial charge on any atom is 0.317 e. The van der Waals surface area contributed by atoms with Crippen molar-refractivity contribution >= 4 is 6.03 Å². The Hall–Kier alpha value is -2.56. The topological polar surface area (TPSA) is 54.5 Å². The van der Waals surface area contributed by atoms with Crippen LogP contribution in [0.15, 0.2) is 54.9 Å². The quantitative estimate of drug-likeness (QED) is 0.798. The van der Waals surface area contributed by atoms with Crippen LogP contribution >= 0.6 is 0 Å². The van der Waals surface area contributed by atoms with E-state index in [4.69, 9.17) is 4.74 Å². The first-order valence-electron chi connectivity index (χ1n) is 7.76. The number of carbonyl (C=O) groups is 1. The van der Waals surface area contributed by atoms with Crippen LogP contribution in [0.25, 0.3) is 0 Å². The lowest BCUT2D eigenvalue weighted by molar-refractivity contribution is 0.200. The van der Waals surface area contributed by atoms with E-state index in [0.717, 1.165) is 17.7 Å². The van der Waals surface area contributed by atoms with Gasteiger partial charge >= 0.3 is 6.03 Å². The molecule has 1 heterocycles. The van der Waals surface area contributed by atoms with Crippen molar-refractivity contribution < 1.29 is 9.53 Å². The van der Waals surface area contributed by atoms with Gasteiger partial charge in [0.25, 0.3) is 0 Å². The van der Waals surface area contributed by atoms with Crippen LogP contribution in [0.1, 0.15) is 24.9 Å². The summed E-state index contributed by atoms with van der Waals surface area (Å²) in [5.74, 6) is 0.853. The molecular formula is C18H23N3O2. The molecule has 5 nitrogen and oxygen atoms in total. The summed E-state index contributed by atoms with van der Waals surface area (Å²) in [6.45, 7) is 3.18. The molecule has 1 unspecified atom stereocenters. The van der Waals surface area contributed by atoms with Gasteiger partial charge in [0.05, 0.1) is 12.6 Å². The van der Waals surface area contributed by atoms with E-state index in [2.05, 4.69) is 10.3 Å².